The predicted octanol–water partition coefficient (Wildman–Crippen LogP) is 8.37. The summed E-state index contributed by atoms with van der Waals surface area (Å²) in [6.07, 6.45) is 4.12. The number of carbonyl (C=O) groups is 1. The van der Waals surface area contributed by atoms with Crippen molar-refractivity contribution in [2.45, 2.75) is 13.0 Å². The van der Waals surface area contributed by atoms with E-state index < -0.39 is 0 Å². The number of ether oxygens (including phenoxy) is 2. The molecule has 0 unspecified atom stereocenters. The van der Waals surface area contributed by atoms with Crippen LogP contribution in [0, 0.1) is 0 Å². The first-order valence-corrected chi connectivity index (χ1v) is 13.1. The summed E-state index contributed by atoms with van der Waals surface area (Å²) < 4.78 is 12.2. The Balaban J connectivity index is 1.64. The van der Waals surface area contributed by atoms with Gasteiger partial charge in [-0.25, -0.2) is 0 Å². The molecule has 0 N–H and O–H groups in total. The first-order chi connectivity index (χ1) is 17.3. The molecule has 0 radical (unpaired) electrons. The van der Waals surface area contributed by atoms with E-state index in [-0.39, 0.29) is 5.91 Å². The second kappa shape index (κ2) is 11.7. The summed E-state index contributed by atoms with van der Waals surface area (Å²) in [5.74, 6) is 0.900. The van der Waals surface area contributed by atoms with Gasteiger partial charge in [-0.1, -0.05) is 77.0 Å². The number of carbonyl (C=O) groups excluding carboxylic acids is 1. The van der Waals surface area contributed by atoms with Crippen LogP contribution < -0.4 is 14.4 Å². The monoisotopic (exact) mass is 575 g/mol. The normalized spacial score (nSPS) is 14.4. The number of hydrogen-bond donors (Lipinski definition) is 0. The second-order valence-electron chi connectivity index (χ2n) is 7.73. The fourth-order valence-corrected chi connectivity index (χ4v) is 5.52. The van der Waals surface area contributed by atoms with Crippen molar-refractivity contribution >= 4 is 80.8 Å². The van der Waals surface area contributed by atoms with E-state index >= 15 is 0 Å². The summed E-state index contributed by atoms with van der Waals surface area (Å²) >= 11 is 25.0. The van der Waals surface area contributed by atoms with Crippen molar-refractivity contribution in [2.24, 2.45) is 0 Å². The number of anilines is 1. The molecule has 1 saturated heterocycles. The van der Waals surface area contributed by atoms with E-state index in [4.69, 9.17) is 56.5 Å². The Bertz CT molecular complexity index is 1370. The Morgan fingerprint density at radius 1 is 1.06 bits per heavy atom. The molecule has 3 aromatic rings. The zero-order valence-corrected chi connectivity index (χ0v) is 23.0. The zero-order valence-electron chi connectivity index (χ0n) is 19.1. The van der Waals surface area contributed by atoms with Gasteiger partial charge in [-0.2, -0.15) is 0 Å². The standard InChI is InChI=1S/C27H20Cl3NO3S2/c1-3-4-18-11-17(12-23(33-2)25(18)34-15-16-5-7-19(28)8-6-16)13-24-26(32)31(27(35)36-24)22-10-9-20(29)14-21(22)30/h3,5-14H,1,4,15H2,2H3/b24-13+. The van der Waals surface area contributed by atoms with E-state index in [9.17, 15) is 4.79 Å². The molecule has 0 bridgehead atoms. The lowest BCUT2D eigenvalue weighted by Gasteiger charge is -2.16. The summed E-state index contributed by atoms with van der Waals surface area (Å²) in [7, 11) is 1.58. The first kappa shape index (κ1) is 26.6. The Morgan fingerprint density at radius 2 is 1.78 bits per heavy atom. The second-order valence-corrected chi connectivity index (χ2v) is 10.7. The maximum atomic E-state index is 13.2. The molecule has 1 aliphatic heterocycles. The van der Waals surface area contributed by atoms with Crippen molar-refractivity contribution in [1.29, 1.82) is 0 Å². The van der Waals surface area contributed by atoms with Gasteiger partial charge in [0, 0.05) is 15.6 Å². The number of rotatable bonds is 8. The SMILES string of the molecule is C=CCc1cc(/C=C2/SC(=S)N(c3ccc(Cl)cc3Cl)C2=O)cc(OC)c1OCc1ccc(Cl)cc1. The minimum Gasteiger partial charge on any atom is -0.493 e. The third-order valence-electron chi connectivity index (χ3n) is 5.28. The molecule has 9 heteroatoms. The number of thioether (sulfide) groups is 1. The number of allylic oxidation sites excluding steroid dienone is 1. The van der Waals surface area contributed by atoms with E-state index in [0.29, 0.717) is 54.5 Å². The summed E-state index contributed by atoms with van der Waals surface area (Å²) in [4.78, 5) is 15.1. The topological polar surface area (TPSA) is 38.8 Å². The molecule has 4 nitrogen and oxygen atoms in total. The summed E-state index contributed by atoms with van der Waals surface area (Å²) in [6, 6.07) is 16.1. The minimum absolute atomic E-state index is 0.262. The van der Waals surface area contributed by atoms with E-state index in [1.807, 2.05) is 36.4 Å². The lowest BCUT2D eigenvalue weighted by Crippen LogP contribution is -2.27. The summed E-state index contributed by atoms with van der Waals surface area (Å²) in [5, 5.41) is 1.49. The van der Waals surface area contributed by atoms with Crippen LogP contribution in [0.5, 0.6) is 11.5 Å². The van der Waals surface area contributed by atoms with Crippen LogP contribution in [0.1, 0.15) is 16.7 Å². The van der Waals surface area contributed by atoms with Crippen molar-refractivity contribution in [3.8, 4) is 11.5 Å². The third-order valence-corrected chi connectivity index (χ3v) is 7.37. The molecule has 184 valence electrons. The van der Waals surface area contributed by atoms with Gasteiger partial charge in [0.05, 0.1) is 22.7 Å². The molecule has 4 rings (SSSR count). The molecular weight excluding hydrogens is 557 g/mol. The Labute approximate surface area is 234 Å². The molecule has 3 aromatic carbocycles. The van der Waals surface area contributed by atoms with Gasteiger partial charge in [-0.15, -0.1) is 6.58 Å². The van der Waals surface area contributed by atoms with Gasteiger partial charge in [0.25, 0.3) is 5.91 Å². The van der Waals surface area contributed by atoms with Crippen molar-refractivity contribution < 1.29 is 14.3 Å². The van der Waals surface area contributed by atoms with Gasteiger partial charge >= 0.3 is 0 Å². The fraction of sp³-hybridized carbons (Fsp3) is 0.111. The van der Waals surface area contributed by atoms with Crippen molar-refractivity contribution in [3.63, 3.8) is 0 Å². The van der Waals surface area contributed by atoms with Crippen molar-refractivity contribution in [1.82, 2.24) is 0 Å². The molecule has 0 aliphatic carbocycles. The average molecular weight is 577 g/mol. The number of amides is 1. The number of benzene rings is 3. The van der Waals surface area contributed by atoms with Gasteiger partial charge in [0.15, 0.2) is 15.8 Å². The van der Waals surface area contributed by atoms with E-state index in [2.05, 4.69) is 6.58 Å². The van der Waals surface area contributed by atoms with Gasteiger partial charge in [-0.05, 0) is 66.1 Å². The highest BCUT2D eigenvalue weighted by molar-refractivity contribution is 8.27. The predicted molar refractivity (Wildman–Crippen MR) is 155 cm³/mol. The number of thiocarbonyl (C=S) groups is 1. The molecular formula is C27H20Cl3NO3S2. The zero-order chi connectivity index (χ0) is 25.8. The number of methoxy groups -OCH3 is 1. The molecule has 36 heavy (non-hydrogen) atoms. The Hall–Kier alpha value is -2.48. The first-order valence-electron chi connectivity index (χ1n) is 10.7. The quantitative estimate of drug-likeness (QED) is 0.153. The smallest absolute Gasteiger partial charge is 0.270 e. The van der Waals surface area contributed by atoms with Crippen molar-refractivity contribution in [3.05, 3.63) is 104 Å². The number of halogens is 3. The van der Waals surface area contributed by atoms with E-state index in [1.54, 1.807) is 37.5 Å². The highest BCUT2D eigenvalue weighted by atomic mass is 35.5. The summed E-state index contributed by atoms with van der Waals surface area (Å²) in [6.45, 7) is 4.21. The maximum Gasteiger partial charge on any atom is 0.270 e. The van der Waals surface area contributed by atoms with Crippen molar-refractivity contribution in [2.75, 3.05) is 12.0 Å². The van der Waals surface area contributed by atoms with Crippen LogP contribution in [0.4, 0.5) is 5.69 Å². The minimum atomic E-state index is -0.262. The summed E-state index contributed by atoms with van der Waals surface area (Å²) in [5.41, 5.74) is 3.11. The van der Waals surface area contributed by atoms with Gasteiger partial charge in [0.2, 0.25) is 0 Å². The fourth-order valence-electron chi connectivity index (χ4n) is 3.62. The van der Waals surface area contributed by atoms with E-state index in [0.717, 1.165) is 16.7 Å². The lowest BCUT2D eigenvalue weighted by molar-refractivity contribution is -0.113. The lowest BCUT2D eigenvalue weighted by atomic mass is 10.0. The van der Waals surface area contributed by atoms with Crippen LogP contribution in [0.15, 0.2) is 72.2 Å². The molecule has 0 saturated carbocycles. The van der Waals surface area contributed by atoms with Crippen LogP contribution in [0.2, 0.25) is 15.1 Å². The molecule has 0 spiro atoms. The Kier molecular flexibility index (Phi) is 8.65. The van der Waals surface area contributed by atoms with Gasteiger partial charge in [0.1, 0.15) is 6.61 Å². The van der Waals surface area contributed by atoms with Crippen LogP contribution in [0.25, 0.3) is 6.08 Å². The third kappa shape index (κ3) is 5.90. The molecule has 1 fully saturated rings. The molecule has 0 aromatic heterocycles. The van der Waals surface area contributed by atoms with Crippen LogP contribution in [0.3, 0.4) is 0 Å². The van der Waals surface area contributed by atoms with Gasteiger partial charge in [-0.3, -0.25) is 9.69 Å². The molecule has 1 aliphatic rings. The van der Waals surface area contributed by atoms with Gasteiger partial charge < -0.3 is 9.47 Å². The van der Waals surface area contributed by atoms with Crippen LogP contribution in [-0.4, -0.2) is 17.3 Å². The number of nitrogens with zero attached hydrogens (tertiary/aromatic N) is 1. The van der Waals surface area contributed by atoms with Crippen LogP contribution in [-0.2, 0) is 17.8 Å². The van der Waals surface area contributed by atoms with Crippen LogP contribution >= 0.6 is 58.8 Å². The number of hydrogen-bond acceptors (Lipinski definition) is 5. The van der Waals surface area contributed by atoms with E-state index in [1.165, 1.54) is 16.7 Å². The maximum absolute atomic E-state index is 13.2. The molecule has 1 amide bonds. The Morgan fingerprint density at radius 3 is 2.44 bits per heavy atom. The molecule has 1 heterocycles. The molecule has 0 atom stereocenters. The average Bonchev–Trinajstić information content (AvgIpc) is 3.12. The highest BCUT2D eigenvalue weighted by Gasteiger charge is 2.34. The largest absolute Gasteiger partial charge is 0.493 e. The highest BCUT2D eigenvalue weighted by Crippen LogP contribution is 2.41.